The number of halogens is 2. The van der Waals surface area contributed by atoms with E-state index in [9.17, 15) is 0 Å². The molecule has 2 radical (unpaired) electrons. The molecule has 0 unspecified atom stereocenters. The summed E-state index contributed by atoms with van der Waals surface area (Å²) in [6, 6.07) is 29.3. The van der Waals surface area contributed by atoms with Crippen molar-refractivity contribution in [2.24, 2.45) is 0 Å². The Morgan fingerprint density at radius 3 is 1.52 bits per heavy atom. The number of rotatable bonds is 0. The first-order valence-electron chi connectivity index (χ1n) is 8.86. The van der Waals surface area contributed by atoms with Crippen LogP contribution >= 0.6 is 24.8 Å². The van der Waals surface area contributed by atoms with E-state index in [0.29, 0.717) is 0 Å². The van der Waals surface area contributed by atoms with Crippen LogP contribution in [-0.2, 0) is 25.8 Å². The van der Waals surface area contributed by atoms with E-state index >= 15 is 0 Å². The Morgan fingerprint density at radius 2 is 1.21 bits per heavy atom. The Hall–Kier alpha value is -1.19. The zero-order valence-electron chi connectivity index (χ0n) is 16.8. The molecule has 0 bridgehead atoms. The van der Waals surface area contributed by atoms with Crippen molar-refractivity contribution >= 4 is 55.9 Å². The Bertz CT molecular complexity index is 801. The van der Waals surface area contributed by atoms with Gasteiger partial charge in [-0.1, -0.05) is 25.2 Å². The van der Waals surface area contributed by atoms with Gasteiger partial charge in [0.15, 0.2) is 0 Å². The molecule has 152 valence electrons. The normalized spacial score (nSPS) is 10.0. The van der Waals surface area contributed by atoms with E-state index in [1.165, 1.54) is 21.5 Å². The molecule has 4 heteroatoms. The topological polar surface area (TPSA) is 0 Å². The molecule has 0 aromatic heterocycles. The first-order valence-corrected chi connectivity index (χ1v) is 10.9. The van der Waals surface area contributed by atoms with E-state index in [1.54, 1.807) is 0 Å². The summed E-state index contributed by atoms with van der Waals surface area (Å²) in [7, 11) is 1.08. The Kier molecular flexibility index (Phi) is 19.5. The maximum atomic E-state index is 2.99. The molecule has 4 aromatic rings. The van der Waals surface area contributed by atoms with Crippen LogP contribution in [0.5, 0.6) is 0 Å². The van der Waals surface area contributed by atoms with E-state index in [-0.39, 0.29) is 50.7 Å². The maximum Gasteiger partial charge on any atom is 0.0307 e. The summed E-state index contributed by atoms with van der Waals surface area (Å²) in [6.07, 6.45) is 10.0. The van der Waals surface area contributed by atoms with Gasteiger partial charge in [-0.15, -0.1) is 90.5 Å². The standard InChI is InChI=1S/2C9H7.C5H5.C2H6Si.2ClH.Hf/c2*1-2-5-9-7-3-6-8(9)4-1;1-2-4-5-3-1;1-3-2;;;/h2*1-7H;1-3H,4H2;1-2H3;2*1H;/q3*-1;;;;. The molecule has 0 nitrogen and oxygen atoms in total. The van der Waals surface area contributed by atoms with Crippen LogP contribution in [0.3, 0.4) is 0 Å². The minimum Gasteiger partial charge on any atom is -0.273 e. The number of hydrogen-bond acceptors (Lipinski definition) is 0. The van der Waals surface area contributed by atoms with Crippen molar-refractivity contribution < 1.29 is 25.8 Å². The minimum absolute atomic E-state index is 0. The van der Waals surface area contributed by atoms with Crippen molar-refractivity contribution in [1.29, 1.82) is 0 Å². The quantitative estimate of drug-likeness (QED) is 0.141. The molecule has 0 saturated heterocycles. The van der Waals surface area contributed by atoms with Gasteiger partial charge in [0.1, 0.15) is 0 Å². The van der Waals surface area contributed by atoms with Crippen molar-refractivity contribution in [2.75, 3.05) is 0 Å². The van der Waals surface area contributed by atoms with Gasteiger partial charge < -0.3 is 0 Å². The van der Waals surface area contributed by atoms with Gasteiger partial charge in [0, 0.05) is 35.4 Å². The van der Waals surface area contributed by atoms with Crippen molar-refractivity contribution in [2.45, 2.75) is 19.5 Å². The van der Waals surface area contributed by atoms with Crippen LogP contribution in [0, 0.1) is 6.08 Å². The minimum atomic E-state index is 0. The van der Waals surface area contributed by atoms with Gasteiger partial charge >= 0.3 is 0 Å². The zero-order chi connectivity index (χ0) is 18.5. The summed E-state index contributed by atoms with van der Waals surface area (Å²) in [5, 5.41) is 5.32. The second-order valence-corrected chi connectivity index (χ2v) is 6.81. The van der Waals surface area contributed by atoms with Crippen molar-refractivity contribution in [3.05, 3.63) is 109 Å². The predicted octanol–water partition coefficient (Wildman–Crippen LogP) is 8.05. The van der Waals surface area contributed by atoms with Gasteiger partial charge in [-0.2, -0.15) is 41.1 Å². The molecule has 0 aliphatic heterocycles. The van der Waals surface area contributed by atoms with E-state index < -0.39 is 0 Å². The molecule has 0 saturated carbocycles. The summed E-state index contributed by atoms with van der Waals surface area (Å²) < 4.78 is 0. The number of benzene rings is 2. The molecule has 0 fully saturated rings. The molecular weight excluding hydrogens is 578 g/mol. The van der Waals surface area contributed by atoms with Gasteiger partial charge in [-0.25, -0.2) is 12.2 Å². The number of allylic oxidation sites excluding steroid dienone is 4. The fourth-order valence-electron chi connectivity index (χ4n) is 2.48. The zero-order valence-corrected chi connectivity index (χ0v) is 23.1. The Morgan fingerprint density at radius 1 is 0.759 bits per heavy atom. The maximum absolute atomic E-state index is 2.99. The first kappa shape index (κ1) is 30.0. The second-order valence-electron chi connectivity index (χ2n) is 5.81. The fourth-order valence-corrected chi connectivity index (χ4v) is 2.48. The third kappa shape index (κ3) is 11.5. The number of hydrogen-bond donors (Lipinski definition) is 0. The Labute approximate surface area is 209 Å². The van der Waals surface area contributed by atoms with Crippen molar-refractivity contribution in [3.63, 3.8) is 0 Å². The number of fused-ring (bicyclic) bond motifs is 2. The van der Waals surface area contributed by atoms with Crippen LogP contribution in [0.1, 0.15) is 6.42 Å². The van der Waals surface area contributed by atoms with Gasteiger partial charge in [0.05, 0.1) is 0 Å². The average molecular weight is 605 g/mol. The third-order valence-electron chi connectivity index (χ3n) is 3.68. The van der Waals surface area contributed by atoms with Crippen LogP contribution in [0.15, 0.2) is 103 Å². The SMILES string of the molecule is C[Si]C.Cl.Cl.[C-]1=CC=CC1.[Hf].c1ccc2[cH-]ccc2c1.c1ccc2[cH-]ccc2c1. The van der Waals surface area contributed by atoms with Crippen molar-refractivity contribution in [1.82, 2.24) is 0 Å². The summed E-state index contributed by atoms with van der Waals surface area (Å²) in [6.45, 7) is 4.31. The summed E-state index contributed by atoms with van der Waals surface area (Å²) >= 11 is 0. The molecule has 4 aromatic carbocycles. The summed E-state index contributed by atoms with van der Waals surface area (Å²) in [5.41, 5.74) is 0. The predicted molar refractivity (Wildman–Crippen MR) is 133 cm³/mol. The molecule has 5 rings (SSSR count). The van der Waals surface area contributed by atoms with Crippen LogP contribution in [0.4, 0.5) is 0 Å². The monoisotopic (exact) mass is 605 g/mol. The molecule has 0 heterocycles. The van der Waals surface area contributed by atoms with Crippen LogP contribution in [0.25, 0.3) is 21.5 Å². The first-order chi connectivity index (χ1) is 12.8. The molecular formula is C25H27Cl2HfSi-3. The van der Waals surface area contributed by atoms with Crippen LogP contribution in [-0.4, -0.2) is 9.52 Å². The molecule has 0 atom stereocenters. The average Bonchev–Trinajstić information content (AvgIpc) is 3.46. The van der Waals surface area contributed by atoms with Crippen molar-refractivity contribution in [3.8, 4) is 0 Å². The van der Waals surface area contributed by atoms with E-state index in [0.717, 1.165) is 15.9 Å². The van der Waals surface area contributed by atoms with Gasteiger partial charge in [0.25, 0.3) is 0 Å². The van der Waals surface area contributed by atoms with E-state index in [4.69, 9.17) is 0 Å². The molecule has 1 aliphatic carbocycles. The van der Waals surface area contributed by atoms with Gasteiger partial charge in [-0.3, -0.25) is 6.08 Å². The molecule has 0 N–H and O–H groups in total. The largest absolute Gasteiger partial charge is 0.273 e. The fraction of sp³-hybridized carbons (Fsp3) is 0.120. The second kappa shape index (κ2) is 18.8. The van der Waals surface area contributed by atoms with E-state index in [1.807, 2.05) is 12.2 Å². The summed E-state index contributed by atoms with van der Waals surface area (Å²) in [4.78, 5) is 0. The Balaban J connectivity index is 0. The molecule has 0 spiro atoms. The van der Waals surface area contributed by atoms with Gasteiger partial charge in [-0.05, 0) is 0 Å². The molecule has 29 heavy (non-hydrogen) atoms. The van der Waals surface area contributed by atoms with Gasteiger partial charge in [0.2, 0.25) is 0 Å². The molecule has 0 amide bonds. The molecule has 1 aliphatic rings. The van der Waals surface area contributed by atoms with Crippen LogP contribution < -0.4 is 0 Å². The van der Waals surface area contributed by atoms with E-state index in [2.05, 4.69) is 110 Å². The summed E-state index contributed by atoms with van der Waals surface area (Å²) in [5.74, 6) is 0. The van der Waals surface area contributed by atoms with Crippen LogP contribution in [0.2, 0.25) is 13.1 Å². The smallest absolute Gasteiger partial charge is 0.0307 e. The third-order valence-corrected chi connectivity index (χ3v) is 3.68.